The van der Waals surface area contributed by atoms with E-state index in [4.69, 9.17) is 0 Å². The van der Waals surface area contributed by atoms with Gasteiger partial charge >= 0.3 is 0 Å². The van der Waals surface area contributed by atoms with E-state index in [1.54, 1.807) is 4.90 Å². The van der Waals surface area contributed by atoms with E-state index in [2.05, 4.69) is 45.0 Å². The van der Waals surface area contributed by atoms with Gasteiger partial charge in [0.2, 0.25) is 15.9 Å². The second-order valence-electron chi connectivity index (χ2n) is 7.46. The van der Waals surface area contributed by atoms with Crippen LogP contribution in [0.1, 0.15) is 32.8 Å². The van der Waals surface area contributed by atoms with Gasteiger partial charge in [-0.1, -0.05) is 32.9 Å². The van der Waals surface area contributed by atoms with Crippen molar-refractivity contribution in [2.75, 3.05) is 38.2 Å². The molecule has 0 unspecified atom stereocenters. The molecule has 0 bridgehead atoms. The number of hydrogen-bond acceptors (Lipinski definition) is 4. The first-order chi connectivity index (χ1) is 11.6. The van der Waals surface area contributed by atoms with Crippen molar-refractivity contribution in [1.29, 1.82) is 0 Å². The standard InChI is InChI=1S/C18H28N2O3S2/c1-18(2,3)15-6-8-16(9-7-15)24-14-17(21)19-10-5-11-20(13-12-19)25(4,22)23/h6-9H,5,10-14H2,1-4H3. The highest BCUT2D eigenvalue weighted by Crippen LogP contribution is 2.25. The van der Waals surface area contributed by atoms with E-state index in [0.717, 1.165) is 4.90 Å². The van der Waals surface area contributed by atoms with Gasteiger partial charge < -0.3 is 4.90 Å². The number of carbonyl (C=O) groups is 1. The summed E-state index contributed by atoms with van der Waals surface area (Å²) >= 11 is 1.53. The molecule has 1 fully saturated rings. The Morgan fingerprint density at radius 3 is 2.28 bits per heavy atom. The van der Waals surface area contributed by atoms with Gasteiger partial charge in [-0.25, -0.2) is 12.7 Å². The first kappa shape index (κ1) is 20.3. The van der Waals surface area contributed by atoms with E-state index >= 15 is 0 Å². The van der Waals surface area contributed by atoms with Crippen LogP contribution in [0, 0.1) is 0 Å². The van der Waals surface area contributed by atoms with Crippen molar-refractivity contribution in [1.82, 2.24) is 9.21 Å². The van der Waals surface area contributed by atoms with Gasteiger partial charge in [0.25, 0.3) is 0 Å². The molecule has 1 aromatic rings. The minimum Gasteiger partial charge on any atom is -0.341 e. The van der Waals surface area contributed by atoms with E-state index < -0.39 is 10.0 Å². The van der Waals surface area contributed by atoms with Gasteiger partial charge in [-0.3, -0.25) is 4.79 Å². The van der Waals surface area contributed by atoms with Gasteiger partial charge in [0.15, 0.2) is 0 Å². The molecule has 25 heavy (non-hydrogen) atoms. The molecular weight excluding hydrogens is 356 g/mol. The third-order valence-corrected chi connectivity index (χ3v) is 6.66. The van der Waals surface area contributed by atoms with Gasteiger partial charge in [-0.15, -0.1) is 11.8 Å². The van der Waals surface area contributed by atoms with Crippen molar-refractivity contribution in [2.45, 2.75) is 37.5 Å². The van der Waals surface area contributed by atoms with Crippen LogP contribution < -0.4 is 0 Å². The summed E-state index contributed by atoms with van der Waals surface area (Å²) in [4.78, 5) is 15.3. The van der Waals surface area contributed by atoms with Crippen LogP contribution in [0.5, 0.6) is 0 Å². The largest absolute Gasteiger partial charge is 0.341 e. The lowest BCUT2D eigenvalue weighted by Crippen LogP contribution is -2.37. The van der Waals surface area contributed by atoms with Gasteiger partial charge in [0.1, 0.15) is 0 Å². The van der Waals surface area contributed by atoms with Gasteiger partial charge in [-0.2, -0.15) is 0 Å². The highest BCUT2D eigenvalue weighted by Gasteiger charge is 2.23. The molecule has 1 saturated heterocycles. The lowest BCUT2D eigenvalue weighted by atomic mass is 9.87. The fourth-order valence-electron chi connectivity index (χ4n) is 2.76. The number of nitrogens with zero attached hydrogens (tertiary/aromatic N) is 2. The molecule has 0 spiro atoms. The Bertz CT molecular complexity index is 694. The smallest absolute Gasteiger partial charge is 0.232 e. The van der Waals surface area contributed by atoms with Gasteiger partial charge in [-0.05, 0) is 29.5 Å². The molecule has 0 radical (unpaired) electrons. The van der Waals surface area contributed by atoms with E-state index in [9.17, 15) is 13.2 Å². The Hall–Kier alpha value is -1.05. The van der Waals surface area contributed by atoms with E-state index in [-0.39, 0.29) is 11.3 Å². The van der Waals surface area contributed by atoms with Crippen LogP contribution in [0.2, 0.25) is 0 Å². The van der Waals surface area contributed by atoms with Gasteiger partial charge in [0.05, 0.1) is 12.0 Å². The zero-order valence-electron chi connectivity index (χ0n) is 15.5. The predicted molar refractivity (Wildman–Crippen MR) is 103 cm³/mol. The van der Waals surface area contributed by atoms with Crippen LogP contribution in [0.4, 0.5) is 0 Å². The third-order valence-electron chi connectivity index (χ3n) is 4.36. The highest BCUT2D eigenvalue weighted by atomic mass is 32.2. The van der Waals surface area contributed by atoms with E-state index in [1.807, 2.05) is 0 Å². The Morgan fingerprint density at radius 1 is 1.08 bits per heavy atom. The number of amides is 1. The first-order valence-electron chi connectivity index (χ1n) is 8.53. The molecule has 0 saturated carbocycles. The van der Waals surface area contributed by atoms with E-state index in [0.29, 0.717) is 38.4 Å². The SMILES string of the molecule is CC(C)(C)c1ccc(SCC(=O)N2CCCN(S(C)(=O)=O)CC2)cc1. The molecule has 140 valence electrons. The van der Waals surface area contributed by atoms with Gasteiger partial charge in [0, 0.05) is 31.1 Å². The summed E-state index contributed by atoms with van der Waals surface area (Å²) < 4.78 is 24.7. The lowest BCUT2D eigenvalue weighted by molar-refractivity contribution is -0.128. The van der Waals surface area contributed by atoms with Crippen LogP contribution in [0.3, 0.4) is 0 Å². The molecule has 1 aromatic carbocycles. The van der Waals surface area contributed by atoms with Crippen LogP contribution in [0.25, 0.3) is 0 Å². The Morgan fingerprint density at radius 2 is 1.72 bits per heavy atom. The van der Waals surface area contributed by atoms with Crippen LogP contribution in [-0.2, 0) is 20.2 Å². The number of thioether (sulfide) groups is 1. The monoisotopic (exact) mass is 384 g/mol. The zero-order valence-corrected chi connectivity index (χ0v) is 17.1. The maximum Gasteiger partial charge on any atom is 0.232 e. The normalized spacial score (nSPS) is 17.4. The third kappa shape index (κ3) is 6.01. The quantitative estimate of drug-likeness (QED) is 0.749. The molecular formula is C18H28N2O3S2. The second kappa shape index (κ2) is 8.10. The summed E-state index contributed by atoms with van der Waals surface area (Å²) in [6.07, 6.45) is 1.91. The summed E-state index contributed by atoms with van der Waals surface area (Å²) in [6, 6.07) is 8.35. The van der Waals surface area contributed by atoms with Crippen molar-refractivity contribution in [3.8, 4) is 0 Å². The maximum atomic E-state index is 12.4. The van der Waals surface area contributed by atoms with Crippen molar-refractivity contribution in [2.24, 2.45) is 0 Å². The van der Waals surface area contributed by atoms with Crippen LogP contribution in [-0.4, -0.2) is 61.7 Å². The van der Waals surface area contributed by atoms with Crippen molar-refractivity contribution in [3.05, 3.63) is 29.8 Å². The topological polar surface area (TPSA) is 57.7 Å². The molecule has 2 rings (SSSR count). The molecule has 1 aliphatic rings. The molecule has 1 aliphatic heterocycles. The number of rotatable bonds is 4. The molecule has 5 nitrogen and oxygen atoms in total. The van der Waals surface area contributed by atoms with Crippen molar-refractivity contribution in [3.63, 3.8) is 0 Å². The Kier molecular flexibility index (Phi) is 6.56. The Balaban J connectivity index is 1.88. The fraction of sp³-hybridized carbons (Fsp3) is 0.611. The van der Waals surface area contributed by atoms with E-state index in [1.165, 1.54) is 27.9 Å². The number of sulfonamides is 1. The van der Waals surface area contributed by atoms with Crippen molar-refractivity contribution >= 4 is 27.7 Å². The molecule has 0 N–H and O–H groups in total. The average molecular weight is 385 g/mol. The van der Waals surface area contributed by atoms with Crippen molar-refractivity contribution < 1.29 is 13.2 Å². The fourth-order valence-corrected chi connectivity index (χ4v) is 4.44. The zero-order chi connectivity index (χ0) is 18.7. The number of carbonyl (C=O) groups excluding carboxylic acids is 1. The summed E-state index contributed by atoms with van der Waals surface area (Å²) in [5.41, 5.74) is 1.40. The summed E-state index contributed by atoms with van der Waals surface area (Å²) in [5.74, 6) is 0.452. The van der Waals surface area contributed by atoms with Crippen LogP contribution in [0.15, 0.2) is 29.2 Å². The highest BCUT2D eigenvalue weighted by molar-refractivity contribution is 8.00. The molecule has 7 heteroatoms. The molecule has 0 aromatic heterocycles. The Labute approximate surface area is 155 Å². The summed E-state index contributed by atoms with van der Waals surface area (Å²) in [7, 11) is -3.18. The second-order valence-corrected chi connectivity index (χ2v) is 10.5. The average Bonchev–Trinajstić information content (AvgIpc) is 2.78. The summed E-state index contributed by atoms with van der Waals surface area (Å²) in [5, 5.41) is 0. The lowest BCUT2D eigenvalue weighted by Gasteiger charge is -2.21. The minimum atomic E-state index is -3.18. The molecule has 0 atom stereocenters. The van der Waals surface area contributed by atoms with Crippen LogP contribution >= 0.6 is 11.8 Å². The number of benzene rings is 1. The molecule has 1 amide bonds. The maximum absolute atomic E-state index is 12.4. The number of hydrogen-bond donors (Lipinski definition) is 0. The molecule has 1 heterocycles. The predicted octanol–water partition coefficient (Wildman–Crippen LogP) is 2.57. The molecule has 0 aliphatic carbocycles. The summed E-state index contributed by atoms with van der Waals surface area (Å²) in [6.45, 7) is 8.50. The first-order valence-corrected chi connectivity index (χ1v) is 11.4. The minimum absolute atomic E-state index is 0.0697.